The van der Waals surface area contributed by atoms with E-state index in [0.29, 0.717) is 0 Å². The van der Waals surface area contributed by atoms with Crippen LogP contribution in [0.2, 0.25) is 0 Å². The molecule has 0 aromatic rings. The molecule has 1 rings (SSSR count). The first-order chi connectivity index (χ1) is 6.38. The molecule has 0 amide bonds. The number of piperazine rings is 1. The Morgan fingerprint density at radius 2 is 2.15 bits per heavy atom. The van der Waals surface area contributed by atoms with E-state index in [2.05, 4.69) is 21.8 Å². The fourth-order valence-corrected chi connectivity index (χ4v) is 1.28. The summed E-state index contributed by atoms with van der Waals surface area (Å²) in [6.45, 7) is 7.67. The molecule has 0 unspecified atom stereocenters. The highest BCUT2D eigenvalue weighted by Crippen LogP contribution is 1.96. The zero-order valence-electron chi connectivity index (χ0n) is 7.74. The summed E-state index contributed by atoms with van der Waals surface area (Å²) in [6.07, 6.45) is 4.76. The van der Waals surface area contributed by atoms with Crippen molar-refractivity contribution in [2.75, 3.05) is 26.2 Å². The maximum Gasteiger partial charge on any atom is 0.128 e. The van der Waals surface area contributed by atoms with E-state index in [4.69, 9.17) is 5.73 Å². The molecule has 0 spiro atoms. The van der Waals surface area contributed by atoms with Gasteiger partial charge in [-0.15, -0.1) is 0 Å². The van der Waals surface area contributed by atoms with Gasteiger partial charge in [0.25, 0.3) is 0 Å². The monoisotopic (exact) mass is 180 g/mol. The molecule has 0 atom stereocenters. The Kier molecular flexibility index (Phi) is 4.05. The molecular weight excluding hydrogens is 164 g/mol. The van der Waals surface area contributed by atoms with Crippen molar-refractivity contribution >= 4 is 5.84 Å². The second-order valence-electron chi connectivity index (χ2n) is 2.77. The molecule has 1 aliphatic rings. The average Bonchev–Trinajstić information content (AvgIpc) is 2.21. The highest BCUT2D eigenvalue weighted by Gasteiger charge is 2.10. The average molecular weight is 180 g/mol. The molecule has 4 heteroatoms. The normalized spacial score (nSPS) is 19.4. The Bertz CT molecular complexity index is 214. The Hall–Kier alpha value is -1.29. The molecule has 1 aliphatic heterocycles. The van der Waals surface area contributed by atoms with Crippen molar-refractivity contribution in [2.24, 2.45) is 10.7 Å². The summed E-state index contributed by atoms with van der Waals surface area (Å²) in [4.78, 5) is 6.36. The molecule has 0 aromatic heterocycles. The maximum absolute atomic E-state index is 5.21. The second kappa shape index (κ2) is 5.37. The first-order valence-corrected chi connectivity index (χ1v) is 4.41. The van der Waals surface area contributed by atoms with Crippen LogP contribution in [0.3, 0.4) is 0 Å². The molecule has 13 heavy (non-hydrogen) atoms. The summed E-state index contributed by atoms with van der Waals surface area (Å²) >= 11 is 0. The van der Waals surface area contributed by atoms with E-state index in [1.54, 1.807) is 12.3 Å². The van der Waals surface area contributed by atoms with Gasteiger partial charge in [0.15, 0.2) is 0 Å². The maximum atomic E-state index is 5.21. The topological polar surface area (TPSA) is 53.6 Å². The van der Waals surface area contributed by atoms with Crippen LogP contribution in [0.25, 0.3) is 0 Å². The van der Waals surface area contributed by atoms with Crippen molar-refractivity contribution in [1.82, 2.24) is 10.2 Å². The second-order valence-corrected chi connectivity index (χ2v) is 2.77. The lowest BCUT2D eigenvalue weighted by molar-refractivity contribution is 0.359. The number of nitrogens with two attached hydrogens (primary N) is 1. The van der Waals surface area contributed by atoms with Gasteiger partial charge >= 0.3 is 0 Å². The lowest BCUT2D eigenvalue weighted by Crippen LogP contribution is -2.45. The minimum Gasteiger partial charge on any atom is -0.403 e. The standard InChI is InChI=1S/C9H16N4/c1-2-9(12-4-3-10)13-7-5-11-6-8-13/h2-4,11H,1,5-8,10H2/b4-3-,12-9+. The Balaban J connectivity index is 2.58. The molecule has 0 radical (unpaired) electrons. The van der Waals surface area contributed by atoms with Crippen LogP contribution < -0.4 is 11.1 Å². The zero-order chi connectivity index (χ0) is 9.52. The van der Waals surface area contributed by atoms with E-state index in [9.17, 15) is 0 Å². The SMILES string of the molecule is C=C/C(=N\C=C/N)N1CCNCC1. The van der Waals surface area contributed by atoms with Gasteiger partial charge in [-0.2, -0.15) is 0 Å². The minimum absolute atomic E-state index is 0.892. The van der Waals surface area contributed by atoms with E-state index in [-0.39, 0.29) is 0 Å². The van der Waals surface area contributed by atoms with Gasteiger partial charge in [-0.05, 0) is 6.08 Å². The highest BCUT2D eigenvalue weighted by atomic mass is 15.2. The van der Waals surface area contributed by atoms with Gasteiger partial charge in [0.2, 0.25) is 0 Å². The smallest absolute Gasteiger partial charge is 0.128 e. The molecule has 4 nitrogen and oxygen atoms in total. The van der Waals surface area contributed by atoms with Gasteiger partial charge in [0.05, 0.1) is 0 Å². The predicted molar refractivity (Wildman–Crippen MR) is 55.4 cm³/mol. The van der Waals surface area contributed by atoms with Crippen molar-refractivity contribution in [3.8, 4) is 0 Å². The van der Waals surface area contributed by atoms with Crippen molar-refractivity contribution in [2.45, 2.75) is 0 Å². The first-order valence-electron chi connectivity index (χ1n) is 4.41. The van der Waals surface area contributed by atoms with E-state index < -0.39 is 0 Å². The summed E-state index contributed by atoms with van der Waals surface area (Å²) in [5.41, 5.74) is 5.21. The fraction of sp³-hybridized carbons (Fsp3) is 0.444. The van der Waals surface area contributed by atoms with Crippen molar-refractivity contribution in [1.29, 1.82) is 0 Å². The Morgan fingerprint density at radius 1 is 1.46 bits per heavy atom. The zero-order valence-corrected chi connectivity index (χ0v) is 7.74. The number of amidine groups is 1. The summed E-state index contributed by atoms with van der Waals surface area (Å²) in [5.74, 6) is 0.892. The summed E-state index contributed by atoms with van der Waals surface area (Å²) in [6, 6.07) is 0. The molecule has 1 fully saturated rings. The van der Waals surface area contributed by atoms with Crippen LogP contribution in [-0.2, 0) is 0 Å². The molecule has 72 valence electrons. The number of hydrogen-bond acceptors (Lipinski definition) is 3. The molecule has 1 saturated heterocycles. The number of aliphatic imine (C=N–C) groups is 1. The number of hydrogen-bond donors (Lipinski definition) is 2. The third kappa shape index (κ3) is 2.91. The van der Waals surface area contributed by atoms with Crippen LogP contribution in [0.4, 0.5) is 0 Å². The lowest BCUT2D eigenvalue weighted by atomic mass is 10.3. The number of nitrogens with one attached hydrogen (secondary N) is 1. The van der Waals surface area contributed by atoms with E-state index in [1.807, 2.05) is 0 Å². The third-order valence-corrected chi connectivity index (χ3v) is 1.92. The van der Waals surface area contributed by atoms with Crippen LogP contribution >= 0.6 is 0 Å². The molecule has 0 bridgehead atoms. The van der Waals surface area contributed by atoms with E-state index in [0.717, 1.165) is 32.0 Å². The Morgan fingerprint density at radius 3 is 2.69 bits per heavy atom. The van der Waals surface area contributed by atoms with Gasteiger partial charge in [-0.1, -0.05) is 6.58 Å². The van der Waals surface area contributed by atoms with Crippen LogP contribution in [0.1, 0.15) is 0 Å². The summed E-state index contributed by atoms with van der Waals surface area (Å²) in [7, 11) is 0. The van der Waals surface area contributed by atoms with Gasteiger partial charge in [-0.25, -0.2) is 4.99 Å². The van der Waals surface area contributed by atoms with Gasteiger partial charge < -0.3 is 16.0 Å². The highest BCUT2D eigenvalue weighted by molar-refractivity contribution is 5.92. The Labute approximate surface area is 78.8 Å². The van der Waals surface area contributed by atoms with E-state index >= 15 is 0 Å². The summed E-state index contributed by atoms with van der Waals surface area (Å²) < 4.78 is 0. The first kappa shape index (κ1) is 9.80. The largest absolute Gasteiger partial charge is 0.403 e. The molecule has 0 aromatic carbocycles. The lowest BCUT2D eigenvalue weighted by Gasteiger charge is -2.28. The molecule has 1 heterocycles. The summed E-state index contributed by atoms with van der Waals surface area (Å²) in [5, 5.41) is 3.28. The molecular formula is C9H16N4. The van der Waals surface area contributed by atoms with Crippen molar-refractivity contribution < 1.29 is 0 Å². The number of nitrogens with zero attached hydrogens (tertiary/aromatic N) is 2. The van der Waals surface area contributed by atoms with Gasteiger partial charge in [0.1, 0.15) is 5.84 Å². The van der Waals surface area contributed by atoms with Gasteiger partial charge in [-0.3, -0.25) is 0 Å². The van der Waals surface area contributed by atoms with Crippen LogP contribution in [-0.4, -0.2) is 36.9 Å². The molecule has 3 N–H and O–H groups in total. The molecule has 0 saturated carbocycles. The van der Waals surface area contributed by atoms with Crippen LogP contribution in [0.5, 0.6) is 0 Å². The predicted octanol–water partition coefficient (Wildman–Crippen LogP) is -0.0940. The van der Waals surface area contributed by atoms with Crippen molar-refractivity contribution in [3.05, 3.63) is 25.1 Å². The quantitative estimate of drug-likeness (QED) is 0.461. The van der Waals surface area contributed by atoms with Crippen LogP contribution in [0, 0.1) is 0 Å². The number of rotatable bonds is 2. The third-order valence-electron chi connectivity index (χ3n) is 1.92. The van der Waals surface area contributed by atoms with Crippen LogP contribution in [0.15, 0.2) is 30.0 Å². The molecule has 0 aliphatic carbocycles. The fourth-order valence-electron chi connectivity index (χ4n) is 1.28. The van der Waals surface area contributed by atoms with E-state index in [1.165, 1.54) is 6.20 Å². The minimum atomic E-state index is 0.892. The van der Waals surface area contributed by atoms with Gasteiger partial charge in [0, 0.05) is 38.6 Å². The van der Waals surface area contributed by atoms with Crippen molar-refractivity contribution in [3.63, 3.8) is 0 Å².